The van der Waals surface area contributed by atoms with E-state index in [4.69, 9.17) is 9.47 Å². The van der Waals surface area contributed by atoms with E-state index in [2.05, 4.69) is 4.98 Å². The second-order valence-electron chi connectivity index (χ2n) is 8.02. The number of carbonyl (C=O) groups excluding carboxylic acids is 3. The van der Waals surface area contributed by atoms with Crippen LogP contribution in [0.1, 0.15) is 39.5 Å². The van der Waals surface area contributed by atoms with E-state index in [1.54, 1.807) is 19.1 Å². The lowest BCUT2D eigenvalue weighted by molar-refractivity contribution is -0.132. The monoisotopic (exact) mass is 494 g/mol. The number of halogens is 1. The Morgan fingerprint density at radius 1 is 1.14 bits per heavy atom. The molecule has 1 fully saturated rings. The summed E-state index contributed by atoms with van der Waals surface area (Å²) in [6.45, 7) is 3.68. The number of amides is 1. The van der Waals surface area contributed by atoms with E-state index in [1.807, 2.05) is 0 Å². The second kappa shape index (κ2) is 8.62. The zero-order valence-electron chi connectivity index (χ0n) is 18.7. The number of Topliss-reactive ketones (excluding diaryl/α,β-unsaturated/α-hetero) is 2. The van der Waals surface area contributed by atoms with E-state index in [0.29, 0.717) is 35.3 Å². The summed E-state index contributed by atoms with van der Waals surface area (Å²) in [4.78, 5) is 44.1. The molecule has 10 heteroatoms. The van der Waals surface area contributed by atoms with Gasteiger partial charge in [0.15, 0.2) is 22.4 Å². The van der Waals surface area contributed by atoms with Crippen molar-refractivity contribution in [2.75, 3.05) is 18.1 Å². The molecule has 0 spiro atoms. The molecule has 0 bridgehead atoms. The first-order chi connectivity index (χ1) is 16.8. The summed E-state index contributed by atoms with van der Waals surface area (Å²) >= 11 is 0.932. The van der Waals surface area contributed by atoms with Gasteiger partial charge in [0.05, 0.1) is 16.1 Å². The minimum Gasteiger partial charge on any atom is -0.507 e. The highest BCUT2D eigenvalue weighted by Gasteiger charge is 2.49. The summed E-state index contributed by atoms with van der Waals surface area (Å²) in [5.74, 6) is -2.54. The van der Waals surface area contributed by atoms with Crippen molar-refractivity contribution in [2.24, 2.45) is 0 Å². The molecule has 178 valence electrons. The van der Waals surface area contributed by atoms with Crippen molar-refractivity contribution < 1.29 is 33.4 Å². The maximum absolute atomic E-state index is 15.0. The number of aryl methyl sites for hydroxylation is 1. The van der Waals surface area contributed by atoms with Crippen LogP contribution in [-0.4, -0.2) is 40.8 Å². The van der Waals surface area contributed by atoms with E-state index < -0.39 is 29.3 Å². The van der Waals surface area contributed by atoms with Gasteiger partial charge in [0.2, 0.25) is 0 Å². The molecule has 1 aromatic heterocycles. The van der Waals surface area contributed by atoms with Gasteiger partial charge in [-0.05, 0) is 31.2 Å². The third kappa shape index (κ3) is 3.75. The number of benzene rings is 2. The van der Waals surface area contributed by atoms with Crippen LogP contribution in [0.15, 0.2) is 48.0 Å². The Morgan fingerprint density at radius 3 is 2.54 bits per heavy atom. The highest BCUT2D eigenvalue weighted by atomic mass is 32.1. The van der Waals surface area contributed by atoms with E-state index in [0.717, 1.165) is 16.2 Å². The van der Waals surface area contributed by atoms with Crippen molar-refractivity contribution in [3.63, 3.8) is 0 Å². The third-order valence-corrected chi connectivity index (χ3v) is 7.03. The van der Waals surface area contributed by atoms with Crippen LogP contribution in [0.5, 0.6) is 11.5 Å². The first-order valence-corrected chi connectivity index (χ1v) is 11.5. The zero-order valence-corrected chi connectivity index (χ0v) is 19.5. The van der Waals surface area contributed by atoms with Gasteiger partial charge >= 0.3 is 5.91 Å². The van der Waals surface area contributed by atoms with Gasteiger partial charge in [0.1, 0.15) is 30.8 Å². The Labute approximate surface area is 203 Å². The lowest BCUT2D eigenvalue weighted by Gasteiger charge is -2.23. The number of anilines is 1. The molecule has 35 heavy (non-hydrogen) atoms. The molecule has 5 rings (SSSR count). The molecule has 2 aromatic carbocycles. The third-order valence-electron chi connectivity index (χ3n) is 5.77. The Kier molecular flexibility index (Phi) is 5.60. The van der Waals surface area contributed by atoms with Gasteiger partial charge in [-0.25, -0.2) is 9.37 Å². The van der Waals surface area contributed by atoms with Crippen LogP contribution in [0.2, 0.25) is 0 Å². The second-order valence-corrected chi connectivity index (χ2v) is 8.99. The summed E-state index contributed by atoms with van der Waals surface area (Å²) < 4.78 is 26.1. The summed E-state index contributed by atoms with van der Waals surface area (Å²) in [6, 6.07) is 8.99. The molecule has 2 aliphatic heterocycles. The van der Waals surface area contributed by atoms with Gasteiger partial charge in [-0.3, -0.25) is 19.3 Å². The molecule has 0 radical (unpaired) electrons. The standard InChI is InChI=1S/C25H19FN2O6S/c1-12-23(13(2)29)35-25(27-12)28-20(15-5-3-4-6-16(15)26)19(22(31)24(28)32)21(30)14-7-8-17-18(11-14)34-10-9-33-17/h3-8,11,20,30H,9-10H2,1-2H3/b21-19+/t20-/m1/s1. The maximum atomic E-state index is 15.0. The van der Waals surface area contributed by atoms with Gasteiger partial charge in [-0.15, -0.1) is 0 Å². The molecule has 1 saturated heterocycles. The molecule has 2 aliphatic rings. The number of thiazole rings is 1. The minimum atomic E-state index is -1.30. The molecule has 0 unspecified atom stereocenters. The molecule has 1 N–H and O–H groups in total. The fourth-order valence-electron chi connectivity index (χ4n) is 4.18. The number of aliphatic hydroxyl groups excluding tert-OH is 1. The molecule has 3 aromatic rings. The highest BCUT2D eigenvalue weighted by Crippen LogP contribution is 2.45. The zero-order chi connectivity index (χ0) is 24.9. The minimum absolute atomic E-state index is 0.00280. The molecule has 8 nitrogen and oxygen atoms in total. The molecular weight excluding hydrogens is 475 g/mol. The summed E-state index contributed by atoms with van der Waals surface area (Å²) in [5, 5.41) is 11.3. The number of carbonyl (C=O) groups is 3. The van der Waals surface area contributed by atoms with Gasteiger partial charge < -0.3 is 14.6 Å². The van der Waals surface area contributed by atoms with Crippen LogP contribution in [0.25, 0.3) is 5.76 Å². The van der Waals surface area contributed by atoms with Gasteiger partial charge in [0, 0.05) is 18.1 Å². The number of nitrogens with zero attached hydrogens (tertiary/aromatic N) is 2. The van der Waals surface area contributed by atoms with Crippen molar-refractivity contribution in [3.8, 4) is 11.5 Å². The largest absolute Gasteiger partial charge is 0.507 e. The number of ether oxygens (including phenoxy) is 2. The molecule has 0 aliphatic carbocycles. The van der Waals surface area contributed by atoms with E-state index in [-0.39, 0.29) is 27.6 Å². The number of hydrogen-bond donors (Lipinski definition) is 1. The molecular formula is C25H19FN2O6S. The van der Waals surface area contributed by atoms with Crippen LogP contribution in [0.3, 0.4) is 0 Å². The Hall–Kier alpha value is -4.05. The van der Waals surface area contributed by atoms with Crippen LogP contribution in [0.4, 0.5) is 9.52 Å². The van der Waals surface area contributed by atoms with Gasteiger partial charge in [-0.2, -0.15) is 0 Å². The Bertz CT molecular complexity index is 1430. The fraction of sp³-hybridized carbons (Fsp3) is 0.200. The van der Waals surface area contributed by atoms with Crippen LogP contribution < -0.4 is 14.4 Å². The normalized spacial score (nSPS) is 18.7. The number of ketones is 2. The Balaban J connectivity index is 1.71. The summed E-state index contributed by atoms with van der Waals surface area (Å²) in [5.41, 5.74) is 0.295. The average Bonchev–Trinajstić information content (AvgIpc) is 3.35. The van der Waals surface area contributed by atoms with Gasteiger partial charge in [-0.1, -0.05) is 29.5 Å². The van der Waals surface area contributed by atoms with E-state index >= 15 is 4.39 Å². The first-order valence-electron chi connectivity index (χ1n) is 10.7. The molecule has 0 saturated carbocycles. The van der Waals surface area contributed by atoms with Crippen molar-refractivity contribution >= 4 is 39.7 Å². The molecule has 1 amide bonds. The lowest BCUT2D eigenvalue weighted by atomic mass is 9.95. The quantitative estimate of drug-likeness (QED) is 0.251. The first kappa shape index (κ1) is 22.7. The topological polar surface area (TPSA) is 106 Å². The van der Waals surface area contributed by atoms with Crippen LogP contribution >= 0.6 is 11.3 Å². The number of hydrogen-bond acceptors (Lipinski definition) is 8. The van der Waals surface area contributed by atoms with Crippen LogP contribution in [0, 0.1) is 12.7 Å². The predicted molar refractivity (Wildman–Crippen MR) is 125 cm³/mol. The van der Waals surface area contributed by atoms with E-state index in [1.165, 1.54) is 37.3 Å². The number of aliphatic hydroxyl groups is 1. The SMILES string of the molecule is CC(=O)c1sc(N2C(=O)C(=O)/C(=C(/O)c3ccc4c(c3)OCCO4)[C@H]2c2ccccc2F)nc1C. The average molecular weight is 495 g/mol. The van der Waals surface area contributed by atoms with Crippen molar-refractivity contribution in [1.29, 1.82) is 0 Å². The van der Waals surface area contributed by atoms with Crippen LogP contribution in [-0.2, 0) is 9.59 Å². The smallest absolute Gasteiger partial charge is 0.301 e. The lowest BCUT2D eigenvalue weighted by Crippen LogP contribution is -2.29. The van der Waals surface area contributed by atoms with Crippen molar-refractivity contribution in [2.45, 2.75) is 19.9 Å². The predicted octanol–water partition coefficient (Wildman–Crippen LogP) is 4.19. The van der Waals surface area contributed by atoms with Gasteiger partial charge in [0.25, 0.3) is 5.78 Å². The number of aromatic nitrogens is 1. The summed E-state index contributed by atoms with van der Waals surface area (Å²) in [6.07, 6.45) is 0. The maximum Gasteiger partial charge on any atom is 0.301 e. The number of rotatable bonds is 4. The summed E-state index contributed by atoms with van der Waals surface area (Å²) in [7, 11) is 0. The highest BCUT2D eigenvalue weighted by molar-refractivity contribution is 7.18. The van der Waals surface area contributed by atoms with Crippen molar-refractivity contribution in [1.82, 2.24) is 4.98 Å². The van der Waals surface area contributed by atoms with Crippen molar-refractivity contribution in [3.05, 3.63) is 75.6 Å². The Morgan fingerprint density at radius 2 is 1.86 bits per heavy atom. The molecule has 3 heterocycles. The fourth-order valence-corrected chi connectivity index (χ4v) is 5.17. The molecule has 1 atom stereocenters. The number of fused-ring (bicyclic) bond motifs is 1. The van der Waals surface area contributed by atoms with E-state index in [9.17, 15) is 19.5 Å².